The van der Waals surface area contributed by atoms with Crippen LogP contribution in [-0.4, -0.2) is 47.5 Å². The van der Waals surface area contributed by atoms with Gasteiger partial charge in [-0.25, -0.2) is 4.98 Å². The number of nitrogens with zero attached hydrogens (tertiary/aromatic N) is 4. The molecule has 2 heterocycles. The molecule has 0 unspecified atom stereocenters. The summed E-state index contributed by atoms with van der Waals surface area (Å²) in [4.78, 5) is 11.9. The molecule has 3 rings (SSSR count). The summed E-state index contributed by atoms with van der Waals surface area (Å²) in [7, 11) is 3.78. The Bertz CT molecular complexity index is 773. The zero-order valence-electron chi connectivity index (χ0n) is 14.3. The number of nitrogens with one attached hydrogen (secondary N) is 1. The van der Waals surface area contributed by atoms with E-state index in [2.05, 4.69) is 15.3 Å². The molecule has 0 aliphatic carbocycles. The number of benzene rings is 1. The number of fused-ring (bicyclic) bond motifs is 1. The summed E-state index contributed by atoms with van der Waals surface area (Å²) in [5.41, 5.74) is 0.997. The van der Waals surface area contributed by atoms with Gasteiger partial charge in [0.05, 0.1) is 18.8 Å². The topological polar surface area (TPSA) is 54.2 Å². The van der Waals surface area contributed by atoms with Crippen LogP contribution >= 0.6 is 35.3 Å². The van der Waals surface area contributed by atoms with Crippen molar-refractivity contribution in [1.82, 2.24) is 19.6 Å². The molecule has 0 amide bonds. The van der Waals surface area contributed by atoms with E-state index in [9.17, 15) is 0 Å². The van der Waals surface area contributed by atoms with Crippen LogP contribution in [0.5, 0.6) is 5.75 Å². The molecule has 0 fully saturated rings. The summed E-state index contributed by atoms with van der Waals surface area (Å²) in [6, 6.07) is 9.82. The highest BCUT2D eigenvalue weighted by atomic mass is 127. The largest absolute Gasteiger partial charge is 0.492 e. The SMILES string of the molecule is CN=C(NCc1cn2ccsc2n1)N(C)CCOc1ccccc1.I. The zero-order valence-corrected chi connectivity index (χ0v) is 17.4. The summed E-state index contributed by atoms with van der Waals surface area (Å²) >= 11 is 1.63. The van der Waals surface area contributed by atoms with Gasteiger partial charge in [-0.3, -0.25) is 9.39 Å². The van der Waals surface area contributed by atoms with Crippen molar-refractivity contribution < 1.29 is 4.74 Å². The lowest BCUT2D eigenvalue weighted by molar-refractivity contribution is 0.281. The Morgan fingerprint density at radius 3 is 2.88 bits per heavy atom. The standard InChI is InChI=1S/C17H21N5OS.HI/c1-18-16(19-12-14-13-22-9-11-24-17(22)20-14)21(2)8-10-23-15-6-4-3-5-7-15;/h3-7,9,11,13H,8,10,12H2,1-2H3,(H,18,19);1H. The lowest BCUT2D eigenvalue weighted by atomic mass is 10.3. The Kier molecular flexibility index (Phi) is 7.51. The van der Waals surface area contributed by atoms with E-state index >= 15 is 0 Å². The molecule has 0 aliphatic rings. The number of halogens is 1. The summed E-state index contributed by atoms with van der Waals surface area (Å²) < 4.78 is 7.75. The summed E-state index contributed by atoms with van der Waals surface area (Å²) in [6.07, 6.45) is 4.04. The van der Waals surface area contributed by atoms with Crippen LogP contribution in [0.1, 0.15) is 5.69 Å². The van der Waals surface area contributed by atoms with Crippen molar-refractivity contribution in [2.45, 2.75) is 6.54 Å². The minimum Gasteiger partial charge on any atom is -0.492 e. The Morgan fingerprint density at radius 2 is 2.16 bits per heavy atom. The molecule has 0 saturated heterocycles. The third-order valence-electron chi connectivity index (χ3n) is 3.58. The van der Waals surface area contributed by atoms with Crippen LogP contribution in [0.4, 0.5) is 0 Å². The van der Waals surface area contributed by atoms with Crippen molar-refractivity contribution in [3.8, 4) is 5.75 Å². The number of aromatic nitrogens is 2. The molecule has 0 aliphatic heterocycles. The molecule has 0 saturated carbocycles. The predicted molar refractivity (Wildman–Crippen MR) is 113 cm³/mol. The third-order valence-corrected chi connectivity index (χ3v) is 4.35. The number of imidazole rings is 1. The van der Waals surface area contributed by atoms with Gasteiger partial charge in [0, 0.05) is 31.9 Å². The van der Waals surface area contributed by atoms with Crippen molar-refractivity contribution in [2.24, 2.45) is 4.99 Å². The van der Waals surface area contributed by atoms with Crippen LogP contribution in [0.15, 0.2) is 53.1 Å². The number of thiazole rings is 1. The maximum Gasteiger partial charge on any atom is 0.193 e. The number of likely N-dealkylation sites (N-methyl/N-ethyl adjacent to an activating group) is 1. The normalized spacial score (nSPS) is 11.2. The monoisotopic (exact) mass is 471 g/mol. The van der Waals surface area contributed by atoms with E-state index in [0.717, 1.165) is 28.9 Å². The predicted octanol–water partition coefficient (Wildman–Crippen LogP) is 3.10. The fourth-order valence-corrected chi connectivity index (χ4v) is 3.06. The van der Waals surface area contributed by atoms with Crippen LogP contribution in [0, 0.1) is 0 Å². The van der Waals surface area contributed by atoms with Crippen LogP contribution in [-0.2, 0) is 6.54 Å². The minimum atomic E-state index is 0. The Morgan fingerprint density at radius 1 is 1.36 bits per heavy atom. The van der Waals surface area contributed by atoms with E-state index in [1.165, 1.54) is 0 Å². The molecule has 0 bridgehead atoms. The zero-order chi connectivity index (χ0) is 16.8. The molecule has 25 heavy (non-hydrogen) atoms. The number of guanidine groups is 1. The molecule has 1 N–H and O–H groups in total. The molecule has 0 radical (unpaired) electrons. The number of hydrogen-bond donors (Lipinski definition) is 1. The molecule has 6 nitrogen and oxygen atoms in total. The second-order valence-electron chi connectivity index (χ2n) is 5.31. The van der Waals surface area contributed by atoms with Crippen LogP contribution in [0.3, 0.4) is 0 Å². The second-order valence-corrected chi connectivity index (χ2v) is 6.18. The highest BCUT2D eigenvalue weighted by molar-refractivity contribution is 14.0. The number of para-hydroxylation sites is 1. The molecular weight excluding hydrogens is 449 g/mol. The molecule has 2 aromatic heterocycles. The number of rotatable bonds is 6. The molecule has 1 aromatic carbocycles. The average molecular weight is 471 g/mol. The third kappa shape index (κ3) is 5.33. The van der Waals surface area contributed by atoms with Crippen molar-refractivity contribution >= 4 is 46.2 Å². The van der Waals surface area contributed by atoms with Gasteiger partial charge >= 0.3 is 0 Å². The van der Waals surface area contributed by atoms with E-state index in [0.29, 0.717) is 13.2 Å². The van der Waals surface area contributed by atoms with Crippen molar-refractivity contribution in [1.29, 1.82) is 0 Å². The molecule has 0 atom stereocenters. The summed E-state index contributed by atoms with van der Waals surface area (Å²) in [5, 5.41) is 5.36. The highest BCUT2D eigenvalue weighted by Crippen LogP contribution is 2.11. The maximum absolute atomic E-state index is 5.72. The van der Waals surface area contributed by atoms with Gasteiger partial charge in [-0.2, -0.15) is 0 Å². The van der Waals surface area contributed by atoms with Crippen LogP contribution in [0.2, 0.25) is 0 Å². The quantitative estimate of drug-likeness (QED) is 0.341. The van der Waals surface area contributed by atoms with Gasteiger partial charge in [0.2, 0.25) is 0 Å². The minimum absolute atomic E-state index is 0. The molecule has 0 spiro atoms. The van der Waals surface area contributed by atoms with E-state index in [4.69, 9.17) is 4.74 Å². The summed E-state index contributed by atoms with van der Waals surface area (Å²) in [5.74, 6) is 1.70. The molecule has 3 aromatic rings. The highest BCUT2D eigenvalue weighted by Gasteiger charge is 2.08. The molecular formula is C17H22IN5OS. The fourth-order valence-electron chi connectivity index (χ4n) is 2.34. The Balaban J connectivity index is 0.00000225. The first kappa shape index (κ1) is 19.5. The van der Waals surface area contributed by atoms with Gasteiger partial charge in [-0.1, -0.05) is 18.2 Å². The van der Waals surface area contributed by atoms with Crippen molar-refractivity contribution in [3.05, 3.63) is 53.8 Å². The van der Waals surface area contributed by atoms with Gasteiger partial charge in [0.1, 0.15) is 12.4 Å². The first-order chi connectivity index (χ1) is 11.8. The average Bonchev–Trinajstić information content (AvgIpc) is 3.18. The van der Waals surface area contributed by atoms with E-state index in [1.807, 2.05) is 64.5 Å². The van der Waals surface area contributed by atoms with Crippen molar-refractivity contribution in [2.75, 3.05) is 27.2 Å². The molecule has 8 heteroatoms. The first-order valence-corrected chi connectivity index (χ1v) is 8.65. The van der Waals surface area contributed by atoms with Crippen LogP contribution in [0.25, 0.3) is 4.96 Å². The van der Waals surface area contributed by atoms with E-state index < -0.39 is 0 Å². The first-order valence-electron chi connectivity index (χ1n) is 7.77. The van der Waals surface area contributed by atoms with Gasteiger partial charge in [-0.15, -0.1) is 35.3 Å². The lowest BCUT2D eigenvalue weighted by Crippen LogP contribution is -2.40. The number of hydrogen-bond acceptors (Lipinski definition) is 4. The number of ether oxygens (including phenoxy) is 1. The fraction of sp³-hybridized carbons (Fsp3) is 0.294. The van der Waals surface area contributed by atoms with Gasteiger partial charge in [-0.05, 0) is 12.1 Å². The molecule has 134 valence electrons. The maximum atomic E-state index is 5.72. The van der Waals surface area contributed by atoms with Gasteiger partial charge in [0.15, 0.2) is 10.9 Å². The van der Waals surface area contributed by atoms with Crippen LogP contribution < -0.4 is 10.1 Å². The van der Waals surface area contributed by atoms with Gasteiger partial charge in [0.25, 0.3) is 0 Å². The smallest absolute Gasteiger partial charge is 0.193 e. The van der Waals surface area contributed by atoms with E-state index in [-0.39, 0.29) is 24.0 Å². The van der Waals surface area contributed by atoms with E-state index in [1.54, 1.807) is 18.4 Å². The summed E-state index contributed by atoms with van der Waals surface area (Å²) in [6.45, 7) is 1.99. The van der Waals surface area contributed by atoms with Gasteiger partial charge < -0.3 is 15.0 Å². The Labute approximate surface area is 168 Å². The van der Waals surface area contributed by atoms with Crippen molar-refractivity contribution in [3.63, 3.8) is 0 Å². The lowest BCUT2D eigenvalue weighted by Gasteiger charge is -2.21. The second kappa shape index (κ2) is 9.62. The number of aliphatic imine (C=N–C) groups is 1. The Hall–Kier alpha value is -1.81.